The van der Waals surface area contributed by atoms with Crippen LogP contribution in [0.15, 0.2) is 113 Å². The molecule has 6 aliphatic rings. The molecule has 1 heterocycles. The van der Waals surface area contributed by atoms with Gasteiger partial charge >= 0.3 is 0 Å². The fourth-order valence-corrected chi connectivity index (χ4v) is 10.8. The Morgan fingerprint density at radius 2 is 1.79 bits per heavy atom. The summed E-state index contributed by atoms with van der Waals surface area (Å²) in [6.07, 6.45) is 31.3. The van der Waals surface area contributed by atoms with Crippen molar-refractivity contribution in [1.82, 2.24) is 0 Å². The molecule has 1 heteroatoms. The first kappa shape index (κ1) is 27.5. The molecule has 0 bridgehead atoms. The molecule has 0 fully saturated rings. The van der Waals surface area contributed by atoms with E-state index in [0.29, 0.717) is 23.0 Å². The van der Waals surface area contributed by atoms with Gasteiger partial charge < -0.3 is 0 Å². The maximum absolute atomic E-state index is 2.61. The minimum Gasteiger partial charge on any atom is -0.121 e. The summed E-state index contributed by atoms with van der Waals surface area (Å²) in [6, 6.07) is 14.4. The van der Waals surface area contributed by atoms with Crippen molar-refractivity contribution in [3.8, 4) is 11.1 Å². The van der Waals surface area contributed by atoms with E-state index in [1.807, 2.05) is 0 Å². The van der Waals surface area contributed by atoms with Crippen molar-refractivity contribution in [2.24, 2.45) is 23.2 Å². The molecule has 4 atom stereocenters. The summed E-state index contributed by atoms with van der Waals surface area (Å²) >= 11 is 2.21. The molecule has 5 aliphatic carbocycles. The molecule has 0 spiro atoms. The van der Waals surface area contributed by atoms with Gasteiger partial charge in [0.25, 0.3) is 0 Å². The summed E-state index contributed by atoms with van der Waals surface area (Å²) in [7, 11) is 0. The third kappa shape index (κ3) is 4.83. The molecule has 0 amide bonds. The number of aryl methyl sites for hydroxylation is 2. The van der Waals surface area contributed by atoms with E-state index in [0.717, 1.165) is 19.3 Å². The van der Waals surface area contributed by atoms with Crippen LogP contribution in [0.2, 0.25) is 0 Å². The first-order valence-corrected chi connectivity index (χ1v) is 17.6. The summed E-state index contributed by atoms with van der Waals surface area (Å²) in [5, 5.41) is 0.516. The van der Waals surface area contributed by atoms with Crippen molar-refractivity contribution in [2.75, 3.05) is 0 Å². The highest BCUT2D eigenvalue weighted by Crippen LogP contribution is 2.57. The van der Waals surface area contributed by atoms with Gasteiger partial charge in [-0.25, -0.2) is 0 Å². The first-order chi connectivity index (χ1) is 21.0. The zero-order valence-electron chi connectivity index (χ0n) is 26.0. The lowest BCUT2D eigenvalue weighted by Crippen LogP contribution is -2.26. The predicted molar refractivity (Wildman–Crippen MR) is 186 cm³/mol. The second-order valence-electron chi connectivity index (χ2n) is 14.4. The van der Waals surface area contributed by atoms with Crippen molar-refractivity contribution >= 4 is 17.3 Å². The van der Waals surface area contributed by atoms with Crippen molar-refractivity contribution in [2.45, 2.75) is 77.4 Å². The molecule has 0 N–H and O–H groups in total. The van der Waals surface area contributed by atoms with Gasteiger partial charge in [-0.1, -0.05) is 116 Å². The van der Waals surface area contributed by atoms with Crippen LogP contribution in [0.25, 0.3) is 16.7 Å². The Morgan fingerprint density at radius 1 is 0.930 bits per heavy atom. The van der Waals surface area contributed by atoms with Gasteiger partial charge in [0.15, 0.2) is 0 Å². The van der Waals surface area contributed by atoms with Gasteiger partial charge in [-0.3, -0.25) is 0 Å². The SMILES string of the molecule is CC1=CC=C[C@H]1C(C)(C)Cc1cc(C2=CC=CC3C4=C(CC(C5=CCCC=C5)CC4)SC23)cc2c1-c1ccccc1CC2. The molecule has 43 heavy (non-hydrogen) atoms. The molecule has 218 valence electrons. The average Bonchev–Trinajstić information content (AvgIpc) is 3.64. The van der Waals surface area contributed by atoms with E-state index in [1.165, 1.54) is 59.9 Å². The van der Waals surface area contributed by atoms with E-state index in [-0.39, 0.29) is 5.41 Å². The standard InChI is InChI=1S/C42H44S/c1-27-11-9-18-38(27)42(2,3)26-33-24-32(23-31-20-19-29-14-7-8-15-34(29)40(31)33)35-16-10-17-37-36-22-21-30(25-39(36)43-41(35)37)28-12-5-4-6-13-28/h5,7-18,23-24,30,37-38,41H,4,6,19-22,25-26H2,1-3H3/t30?,37?,38-,41?/m1/s1. The van der Waals surface area contributed by atoms with Crippen molar-refractivity contribution in [3.05, 3.63) is 135 Å². The van der Waals surface area contributed by atoms with E-state index in [2.05, 4.69) is 124 Å². The van der Waals surface area contributed by atoms with E-state index in [4.69, 9.17) is 0 Å². The number of benzene rings is 2. The Bertz CT molecular complexity index is 1700. The number of rotatable bonds is 5. The fourth-order valence-electron chi connectivity index (χ4n) is 9.06. The van der Waals surface area contributed by atoms with Gasteiger partial charge in [0.05, 0.1) is 0 Å². The van der Waals surface area contributed by atoms with Gasteiger partial charge in [-0.2, -0.15) is 0 Å². The van der Waals surface area contributed by atoms with E-state index < -0.39 is 0 Å². The fraction of sp³-hybridized carbons (Fsp3) is 0.381. The highest BCUT2D eigenvalue weighted by atomic mass is 32.2. The molecule has 0 saturated carbocycles. The Morgan fingerprint density at radius 3 is 2.63 bits per heavy atom. The average molecular weight is 581 g/mol. The Labute approximate surface area is 263 Å². The number of fused-ring (bicyclic) bond motifs is 5. The zero-order chi connectivity index (χ0) is 29.1. The minimum absolute atomic E-state index is 0.149. The highest BCUT2D eigenvalue weighted by molar-refractivity contribution is 8.04. The number of allylic oxidation sites excluding steroid dienone is 13. The van der Waals surface area contributed by atoms with Crippen LogP contribution in [0.1, 0.15) is 75.1 Å². The quantitative estimate of drug-likeness (QED) is 0.339. The van der Waals surface area contributed by atoms with Gasteiger partial charge in [-0.05, 0) is 119 Å². The third-order valence-corrected chi connectivity index (χ3v) is 12.7. The first-order valence-electron chi connectivity index (χ1n) is 16.7. The molecule has 0 radical (unpaired) electrons. The number of hydrogen-bond donors (Lipinski definition) is 0. The van der Waals surface area contributed by atoms with Gasteiger partial charge in [0, 0.05) is 17.1 Å². The Kier molecular flexibility index (Phi) is 6.94. The summed E-state index contributed by atoms with van der Waals surface area (Å²) in [5.41, 5.74) is 15.6. The molecule has 2 aromatic carbocycles. The van der Waals surface area contributed by atoms with Crippen LogP contribution in [0.3, 0.4) is 0 Å². The van der Waals surface area contributed by atoms with Gasteiger partial charge in [-0.15, -0.1) is 11.8 Å². The highest BCUT2D eigenvalue weighted by Gasteiger charge is 2.41. The normalized spacial score (nSPS) is 27.3. The largest absolute Gasteiger partial charge is 0.121 e. The maximum atomic E-state index is 2.61. The van der Waals surface area contributed by atoms with E-state index in [1.54, 1.807) is 32.8 Å². The zero-order valence-corrected chi connectivity index (χ0v) is 26.9. The second kappa shape index (κ2) is 10.8. The molecule has 0 nitrogen and oxygen atoms in total. The van der Waals surface area contributed by atoms with Crippen molar-refractivity contribution in [3.63, 3.8) is 0 Å². The number of hydrogen-bond acceptors (Lipinski definition) is 1. The summed E-state index contributed by atoms with van der Waals surface area (Å²) in [6.45, 7) is 7.27. The van der Waals surface area contributed by atoms with Crippen LogP contribution in [0.5, 0.6) is 0 Å². The van der Waals surface area contributed by atoms with Gasteiger partial charge in [0.2, 0.25) is 0 Å². The molecule has 8 rings (SSSR count). The van der Waals surface area contributed by atoms with Crippen LogP contribution in [0.4, 0.5) is 0 Å². The molecular formula is C42H44S. The topological polar surface area (TPSA) is 0 Å². The monoisotopic (exact) mass is 580 g/mol. The Balaban J connectivity index is 1.15. The number of thioether (sulfide) groups is 1. The lowest BCUT2D eigenvalue weighted by atomic mass is 9.69. The van der Waals surface area contributed by atoms with Crippen LogP contribution >= 0.6 is 11.8 Å². The van der Waals surface area contributed by atoms with Crippen LogP contribution in [0, 0.1) is 23.2 Å². The van der Waals surface area contributed by atoms with E-state index in [9.17, 15) is 0 Å². The summed E-state index contributed by atoms with van der Waals surface area (Å²) < 4.78 is 0. The third-order valence-electron chi connectivity index (χ3n) is 11.2. The second-order valence-corrected chi connectivity index (χ2v) is 15.6. The predicted octanol–water partition coefficient (Wildman–Crippen LogP) is 11.2. The lowest BCUT2D eigenvalue weighted by Gasteiger charge is -2.35. The molecule has 2 aromatic rings. The minimum atomic E-state index is 0.149. The molecule has 3 unspecified atom stereocenters. The van der Waals surface area contributed by atoms with Crippen LogP contribution in [-0.4, -0.2) is 5.25 Å². The van der Waals surface area contributed by atoms with Crippen LogP contribution in [-0.2, 0) is 19.3 Å². The molecule has 1 aliphatic heterocycles. The summed E-state index contributed by atoms with van der Waals surface area (Å²) in [4.78, 5) is 1.70. The summed E-state index contributed by atoms with van der Waals surface area (Å²) in [5.74, 6) is 1.76. The van der Waals surface area contributed by atoms with Gasteiger partial charge in [0.1, 0.15) is 0 Å². The molecule has 0 aromatic heterocycles. The molecular weight excluding hydrogens is 537 g/mol. The smallest absolute Gasteiger partial charge is 0.0447 e. The lowest BCUT2D eigenvalue weighted by molar-refractivity contribution is 0.292. The van der Waals surface area contributed by atoms with Crippen LogP contribution < -0.4 is 0 Å². The molecule has 0 saturated heterocycles. The Hall–Kier alpha value is -3.03. The van der Waals surface area contributed by atoms with Crippen molar-refractivity contribution < 1.29 is 0 Å². The maximum Gasteiger partial charge on any atom is 0.0447 e. The van der Waals surface area contributed by atoms with E-state index >= 15 is 0 Å². The van der Waals surface area contributed by atoms with Crippen molar-refractivity contribution in [1.29, 1.82) is 0 Å².